The molecule has 0 aliphatic rings. The van der Waals surface area contributed by atoms with E-state index >= 15 is 0 Å². The van der Waals surface area contributed by atoms with Gasteiger partial charge in [-0.05, 0) is 47.8 Å². The minimum Gasteiger partial charge on any atom is -0.545 e. The Balaban J connectivity index is 0.00000729. The Kier molecular flexibility index (Phi) is 14.3. The number of aromatic hydroxyl groups is 1. The van der Waals surface area contributed by atoms with Crippen LogP contribution < -0.4 is 56.5 Å². The molecule has 0 heterocycles. The fraction of sp³-hybridized carbons (Fsp3) is 0.708. The van der Waals surface area contributed by atoms with Crippen molar-refractivity contribution < 1.29 is 66.4 Å². The number of rotatable bonds is 13. The number of unbranched alkanes of at least 4 members (excludes halogenated alkanes) is 5. The van der Waals surface area contributed by atoms with Gasteiger partial charge in [0.05, 0.1) is 5.97 Å². The van der Waals surface area contributed by atoms with Crippen LogP contribution in [0, 0.1) is 5.92 Å². The predicted molar refractivity (Wildman–Crippen MR) is 111 cm³/mol. The van der Waals surface area contributed by atoms with Gasteiger partial charge in [-0.2, -0.15) is 0 Å². The first-order valence-electron chi connectivity index (χ1n) is 10.8. The van der Waals surface area contributed by atoms with Crippen LogP contribution >= 0.6 is 0 Å². The van der Waals surface area contributed by atoms with Crippen molar-refractivity contribution in [2.75, 3.05) is 0 Å². The van der Waals surface area contributed by atoms with Crippen molar-refractivity contribution >= 4 is 5.97 Å². The van der Waals surface area contributed by atoms with Crippen LogP contribution in [0.5, 0.6) is 5.75 Å². The summed E-state index contributed by atoms with van der Waals surface area (Å²) in [7, 11) is 0. The third-order valence-corrected chi connectivity index (χ3v) is 5.57. The minimum absolute atomic E-state index is 0. The molecule has 1 aromatic rings. The third-order valence-electron chi connectivity index (χ3n) is 5.57. The van der Waals surface area contributed by atoms with Gasteiger partial charge in [-0.15, -0.1) is 0 Å². The summed E-state index contributed by atoms with van der Waals surface area (Å²) in [6.45, 7) is 11.0. The summed E-state index contributed by atoms with van der Waals surface area (Å²) in [6, 6.07) is 3.63. The second-order valence-corrected chi connectivity index (χ2v) is 9.01. The average molecular weight is 415 g/mol. The van der Waals surface area contributed by atoms with Crippen LogP contribution in [0.25, 0.3) is 0 Å². The zero-order chi connectivity index (χ0) is 20.4. The Morgan fingerprint density at radius 1 is 1.07 bits per heavy atom. The zero-order valence-electron chi connectivity index (χ0n) is 19.1. The fourth-order valence-corrected chi connectivity index (χ4v) is 3.61. The standard InChI is InChI=1S/C24H40O3.K/c1-6-7-12-15-24(4,5)20-16-19(22(25)21(17-20)23(26)27)14-11-9-8-10-13-18(2)3;/h16-18,25H,6-15H2,1-5H3,(H,26,27);/q;+1/p-1. The number of carbonyl (C=O) groups is 1. The minimum atomic E-state index is -1.29. The summed E-state index contributed by atoms with van der Waals surface area (Å²) in [5.74, 6) is -0.659. The van der Waals surface area contributed by atoms with Gasteiger partial charge in [0.25, 0.3) is 0 Å². The van der Waals surface area contributed by atoms with Crippen molar-refractivity contribution in [1.29, 1.82) is 0 Å². The number of carboxylic acids is 1. The maximum atomic E-state index is 11.5. The SMILES string of the molecule is CCCCCC(C)(C)c1cc(CCCCCCC(C)C)c(O)c(C(=O)[O-])c1.[K+]. The van der Waals surface area contributed by atoms with Gasteiger partial charge in [-0.25, -0.2) is 0 Å². The molecule has 0 amide bonds. The predicted octanol–water partition coefficient (Wildman–Crippen LogP) is 2.77. The van der Waals surface area contributed by atoms with Gasteiger partial charge in [-0.3, -0.25) is 0 Å². The molecule has 1 rings (SSSR count). The topological polar surface area (TPSA) is 60.4 Å². The number of benzene rings is 1. The molecule has 1 aromatic carbocycles. The summed E-state index contributed by atoms with van der Waals surface area (Å²) in [6.07, 6.45) is 10.9. The van der Waals surface area contributed by atoms with Crippen LogP contribution in [0.3, 0.4) is 0 Å². The van der Waals surface area contributed by atoms with Crippen molar-refractivity contribution in [3.8, 4) is 5.75 Å². The number of hydrogen-bond donors (Lipinski definition) is 1. The molecule has 1 N–H and O–H groups in total. The molecule has 28 heavy (non-hydrogen) atoms. The van der Waals surface area contributed by atoms with E-state index in [9.17, 15) is 15.0 Å². The van der Waals surface area contributed by atoms with E-state index in [0.29, 0.717) is 6.42 Å². The molecular formula is C24H39KO3. The van der Waals surface area contributed by atoms with Gasteiger partial charge in [0.2, 0.25) is 0 Å². The van der Waals surface area contributed by atoms with Gasteiger partial charge in [0.1, 0.15) is 5.75 Å². The largest absolute Gasteiger partial charge is 1.00 e. The molecule has 154 valence electrons. The second kappa shape index (κ2) is 14.2. The van der Waals surface area contributed by atoms with Crippen LogP contribution in [0.1, 0.15) is 114 Å². The number of aromatic carboxylic acids is 1. The molecule has 0 radical (unpaired) electrons. The summed E-state index contributed by atoms with van der Waals surface area (Å²) >= 11 is 0. The number of hydrogen-bond acceptors (Lipinski definition) is 3. The Morgan fingerprint density at radius 2 is 1.71 bits per heavy atom. The monoisotopic (exact) mass is 414 g/mol. The van der Waals surface area contributed by atoms with E-state index in [2.05, 4.69) is 34.6 Å². The van der Waals surface area contributed by atoms with Gasteiger partial charge in [0.15, 0.2) is 0 Å². The molecule has 0 atom stereocenters. The van der Waals surface area contributed by atoms with Crippen LogP contribution in [0.15, 0.2) is 12.1 Å². The molecule has 0 bridgehead atoms. The van der Waals surface area contributed by atoms with Gasteiger partial charge < -0.3 is 15.0 Å². The normalized spacial score (nSPS) is 11.5. The fourth-order valence-electron chi connectivity index (χ4n) is 3.61. The smallest absolute Gasteiger partial charge is 0.545 e. The summed E-state index contributed by atoms with van der Waals surface area (Å²) in [5, 5.41) is 21.9. The van der Waals surface area contributed by atoms with E-state index in [1.165, 1.54) is 25.7 Å². The molecule has 4 heteroatoms. The molecule has 0 aliphatic heterocycles. The molecule has 0 fully saturated rings. The number of carbonyl (C=O) groups excluding carboxylic acids is 1. The number of carboxylic acid groups (broad SMARTS) is 1. The summed E-state index contributed by atoms with van der Waals surface area (Å²) < 4.78 is 0. The van der Waals surface area contributed by atoms with E-state index in [4.69, 9.17) is 0 Å². The first kappa shape index (κ1) is 28.1. The molecule has 0 spiro atoms. The van der Waals surface area contributed by atoms with Crippen LogP contribution in [0.4, 0.5) is 0 Å². The first-order chi connectivity index (χ1) is 12.7. The summed E-state index contributed by atoms with van der Waals surface area (Å²) in [5.41, 5.74) is 1.56. The van der Waals surface area contributed by atoms with Crippen LogP contribution in [-0.4, -0.2) is 11.1 Å². The molecule has 3 nitrogen and oxygen atoms in total. The molecular weight excluding hydrogens is 375 g/mol. The van der Waals surface area contributed by atoms with E-state index < -0.39 is 5.97 Å². The molecule has 0 saturated carbocycles. The molecule has 0 saturated heterocycles. The maximum Gasteiger partial charge on any atom is 1.00 e. The number of aryl methyl sites for hydroxylation is 1. The van der Waals surface area contributed by atoms with E-state index in [1.54, 1.807) is 6.07 Å². The van der Waals surface area contributed by atoms with Crippen LogP contribution in [-0.2, 0) is 11.8 Å². The third kappa shape index (κ3) is 9.75. The van der Waals surface area contributed by atoms with Gasteiger partial charge >= 0.3 is 51.4 Å². The Hall–Kier alpha value is 0.126. The van der Waals surface area contributed by atoms with Crippen molar-refractivity contribution in [3.05, 3.63) is 28.8 Å². The maximum absolute atomic E-state index is 11.5. The molecule has 0 aliphatic carbocycles. The van der Waals surface area contributed by atoms with Crippen LogP contribution in [0.2, 0.25) is 0 Å². The second-order valence-electron chi connectivity index (χ2n) is 9.01. The van der Waals surface area contributed by atoms with E-state index in [0.717, 1.165) is 49.1 Å². The molecule has 0 unspecified atom stereocenters. The van der Waals surface area contributed by atoms with Crippen molar-refractivity contribution in [3.63, 3.8) is 0 Å². The first-order valence-corrected chi connectivity index (χ1v) is 10.8. The Labute approximate surface area is 215 Å². The van der Waals surface area contributed by atoms with Gasteiger partial charge in [-0.1, -0.05) is 85.6 Å². The number of phenols is 1. The Bertz CT molecular complexity index is 594. The van der Waals surface area contributed by atoms with Crippen molar-refractivity contribution in [2.24, 2.45) is 5.92 Å². The van der Waals surface area contributed by atoms with E-state index in [1.807, 2.05) is 6.07 Å². The Morgan fingerprint density at radius 3 is 2.29 bits per heavy atom. The van der Waals surface area contributed by atoms with E-state index in [-0.39, 0.29) is 68.1 Å². The molecule has 0 aromatic heterocycles. The zero-order valence-corrected chi connectivity index (χ0v) is 22.2. The quantitative estimate of drug-likeness (QED) is 0.399. The summed E-state index contributed by atoms with van der Waals surface area (Å²) in [4.78, 5) is 11.5. The van der Waals surface area contributed by atoms with Crippen molar-refractivity contribution in [1.82, 2.24) is 0 Å². The van der Waals surface area contributed by atoms with Gasteiger partial charge in [0, 0.05) is 5.56 Å². The average Bonchev–Trinajstić information content (AvgIpc) is 2.58. The van der Waals surface area contributed by atoms with Crippen molar-refractivity contribution in [2.45, 2.75) is 104 Å².